The lowest BCUT2D eigenvalue weighted by Crippen LogP contribution is -2.14. The van der Waals surface area contributed by atoms with E-state index >= 15 is 0 Å². The second-order valence-corrected chi connectivity index (χ2v) is 5.49. The molecule has 1 aliphatic heterocycles. The van der Waals surface area contributed by atoms with Crippen molar-refractivity contribution in [1.82, 2.24) is 5.32 Å². The van der Waals surface area contributed by atoms with Crippen molar-refractivity contribution in [3.05, 3.63) is 59.2 Å². The Kier molecular flexibility index (Phi) is 4.29. The minimum absolute atomic E-state index is 0.114. The van der Waals surface area contributed by atoms with Gasteiger partial charge in [0.15, 0.2) is 0 Å². The van der Waals surface area contributed by atoms with Gasteiger partial charge in [0.05, 0.1) is 0 Å². The van der Waals surface area contributed by atoms with E-state index in [1.54, 1.807) is 43.3 Å². The summed E-state index contributed by atoms with van der Waals surface area (Å²) >= 11 is 0. The van der Waals surface area contributed by atoms with Crippen LogP contribution in [0.2, 0.25) is 0 Å². The largest absolute Gasteiger partial charge is 0.348 e. The first-order valence-corrected chi connectivity index (χ1v) is 7.69. The lowest BCUT2D eigenvalue weighted by atomic mass is 10.1. The Morgan fingerprint density at radius 1 is 1.08 bits per heavy atom. The number of rotatable bonds is 4. The molecule has 0 saturated carbocycles. The number of anilines is 2. The summed E-state index contributed by atoms with van der Waals surface area (Å²) < 4.78 is 0. The summed E-state index contributed by atoms with van der Waals surface area (Å²) in [7, 11) is 0. The van der Waals surface area contributed by atoms with Gasteiger partial charge < -0.3 is 16.0 Å². The van der Waals surface area contributed by atoms with Crippen molar-refractivity contribution in [1.29, 1.82) is 0 Å². The molecule has 0 aliphatic carbocycles. The van der Waals surface area contributed by atoms with Crippen molar-refractivity contribution in [2.75, 3.05) is 10.6 Å². The third-order valence-corrected chi connectivity index (χ3v) is 3.78. The van der Waals surface area contributed by atoms with Gasteiger partial charge in [0.25, 0.3) is 11.8 Å². The van der Waals surface area contributed by atoms with E-state index in [9.17, 15) is 14.4 Å². The molecule has 0 saturated heterocycles. The van der Waals surface area contributed by atoms with Gasteiger partial charge in [-0.05, 0) is 35.9 Å². The van der Waals surface area contributed by atoms with Crippen LogP contribution in [0.15, 0.2) is 42.5 Å². The number of amides is 3. The fourth-order valence-electron chi connectivity index (χ4n) is 2.48. The second kappa shape index (κ2) is 6.54. The molecule has 0 radical (unpaired) electrons. The Morgan fingerprint density at radius 2 is 1.88 bits per heavy atom. The quantitative estimate of drug-likeness (QED) is 0.808. The topological polar surface area (TPSA) is 87.3 Å². The first kappa shape index (κ1) is 15.7. The van der Waals surface area contributed by atoms with Gasteiger partial charge in [0, 0.05) is 35.5 Å². The Morgan fingerprint density at radius 3 is 2.67 bits per heavy atom. The molecule has 24 heavy (non-hydrogen) atoms. The molecule has 0 bridgehead atoms. The van der Waals surface area contributed by atoms with Gasteiger partial charge in [-0.1, -0.05) is 19.1 Å². The van der Waals surface area contributed by atoms with E-state index in [0.717, 1.165) is 5.56 Å². The van der Waals surface area contributed by atoms with Crippen molar-refractivity contribution in [3.63, 3.8) is 0 Å². The molecule has 1 aliphatic rings. The zero-order valence-electron chi connectivity index (χ0n) is 13.2. The molecule has 2 aromatic rings. The lowest BCUT2D eigenvalue weighted by molar-refractivity contribution is -0.115. The molecule has 3 amide bonds. The van der Waals surface area contributed by atoms with Crippen LogP contribution in [-0.2, 0) is 11.3 Å². The number of hydrogen-bond acceptors (Lipinski definition) is 3. The maximum atomic E-state index is 12.4. The number of carbonyl (C=O) groups excluding carboxylic acids is 3. The first-order chi connectivity index (χ1) is 11.6. The fraction of sp³-hybridized carbons (Fsp3) is 0.167. The molecule has 0 spiro atoms. The summed E-state index contributed by atoms with van der Waals surface area (Å²) in [5.74, 6) is -0.552. The Hall–Kier alpha value is -3.15. The highest BCUT2D eigenvalue weighted by atomic mass is 16.2. The molecule has 2 aromatic carbocycles. The molecule has 0 fully saturated rings. The van der Waals surface area contributed by atoms with Crippen molar-refractivity contribution in [2.24, 2.45) is 0 Å². The van der Waals surface area contributed by atoms with Crippen LogP contribution in [-0.4, -0.2) is 17.7 Å². The van der Waals surface area contributed by atoms with E-state index in [2.05, 4.69) is 16.0 Å². The molecule has 3 rings (SSSR count). The Labute approximate surface area is 139 Å². The van der Waals surface area contributed by atoms with Crippen molar-refractivity contribution in [2.45, 2.75) is 19.9 Å². The summed E-state index contributed by atoms with van der Waals surface area (Å²) in [5, 5.41) is 8.23. The van der Waals surface area contributed by atoms with Gasteiger partial charge in [-0.15, -0.1) is 0 Å². The summed E-state index contributed by atoms with van der Waals surface area (Å²) in [5.41, 5.74) is 3.05. The van der Waals surface area contributed by atoms with Gasteiger partial charge in [-0.3, -0.25) is 14.4 Å². The molecule has 6 nitrogen and oxygen atoms in total. The molecule has 0 atom stereocenters. The smallest absolute Gasteiger partial charge is 0.255 e. The van der Waals surface area contributed by atoms with Crippen LogP contribution in [0.25, 0.3) is 0 Å². The average molecular weight is 323 g/mol. The zero-order valence-corrected chi connectivity index (χ0v) is 13.2. The van der Waals surface area contributed by atoms with Crippen molar-refractivity contribution in [3.8, 4) is 0 Å². The average Bonchev–Trinajstić information content (AvgIpc) is 2.96. The van der Waals surface area contributed by atoms with Crippen LogP contribution >= 0.6 is 0 Å². The van der Waals surface area contributed by atoms with Crippen molar-refractivity contribution < 1.29 is 14.4 Å². The second-order valence-electron chi connectivity index (χ2n) is 5.49. The van der Waals surface area contributed by atoms with Crippen LogP contribution < -0.4 is 16.0 Å². The highest BCUT2D eigenvalue weighted by Crippen LogP contribution is 2.21. The van der Waals surface area contributed by atoms with Crippen LogP contribution in [0.1, 0.15) is 39.6 Å². The first-order valence-electron chi connectivity index (χ1n) is 7.69. The monoisotopic (exact) mass is 323 g/mol. The van der Waals surface area contributed by atoms with Gasteiger partial charge in [-0.25, -0.2) is 0 Å². The summed E-state index contributed by atoms with van der Waals surface area (Å²) in [4.78, 5) is 35.5. The van der Waals surface area contributed by atoms with E-state index < -0.39 is 0 Å². The number of hydrogen-bond donors (Lipinski definition) is 3. The van der Waals surface area contributed by atoms with E-state index in [1.165, 1.54) is 0 Å². The molecule has 1 heterocycles. The van der Waals surface area contributed by atoms with Crippen LogP contribution in [0.5, 0.6) is 0 Å². The predicted octanol–water partition coefficient (Wildman–Crippen LogP) is 2.53. The molecule has 0 aromatic heterocycles. The molecule has 6 heteroatoms. The third kappa shape index (κ3) is 3.27. The van der Waals surface area contributed by atoms with Gasteiger partial charge >= 0.3 is 0 Å². The van der Waals surface area contributed by atoms with E-state index in [-0.39, 0.29) is 17.7 Å². The number of carbonyl (C=O) groups is 3. The van der Waals surface area contributed by atoms with Gasteiger partial charge in [-0.2, -0.15) is 0 Å². The summed E-state index contributed by atoms with van der Waals surface area (Å²) in [6, 6.07) is 12.0. The van der Waals surface area contributed by atoms with E-state index in [4.69, 9.17) is 0 Å². The van der Waals surface area contributed by atoms with Crippen molar-refractivity contribution >= 4 is 29.1 Å². The summed E-state index contributed by atoms with van der Waals surface area (Å²) in [6.07, 6.45) is 0.369. The summed E-state index contributed by atoms with van der Waals surface area (Å²) in [6.45, 7) is 2.28. The minimum Gasteiger partial charge on any atom is -0.348 e. The SMILES string of the molecule is CCC(=O)Nc1cccc(C(=O)Nc2ccc3c(c2)C(=O)NC3)c1. The molecule has 122 valence electrons. The van der Waals surface area contributed by atoms with Gasteiger partial charge in [0.1, 0.15) is 0 Å². The Bertz CT molecular complexity index is 830. The fourth-order valence-corrected chi connectivity index (χ4v) is 2.48. The Balaban J connectivity index is 1.76. The minimum atomic E-state index is -0.305. The highest BCUT2D eigenvalue weighted by Gasteiger charge is 2.19. The van der Waals surface area contributed by atoms with Crippen LogP contribution in [0.3, 0.4) is 0 Å². The maximum Gasteiger partial charge on any atom is 0.255 e. The third-order valence-electron chi connectivity index (χ3n) is 3.78. The van der Waals surface area contributed by atoms with Gasteiger partial charge in [0.2, 0.25) is 5.91 Å². The van der Waals surface area contributed by atoms with Crippen LogP contribution in [0, 0.1) is 0 Å². The molecule has 3 N–H and O–H groups in total. The highest BCUT2D eigenvalue weighted by molar-refractivity contribution is 6.06. The van der Waals surface area contributed by atoms with E-state index in [1.807, 2.05) is 6.07 Å². The number of fused-ring (bicyclic) bond motifs is 1. The number of nitrogens with one attached hydrogen (secondary N) is 3. The van der Waals surface area contributed by atoms with E-state index in [0.29, 0.717) is 35.5 Å². The lowest BCUT2D eigenvalue weighted by Gasteiger charge is -2.09. The maximum absolute atomic E-state index is 12.4. The molecular formula is C18H17N3O3. The number of benzene rings is 2. The standard InChI is InChI=1S/C18H17N3O3/c1-2-16(22)20-13-5-3-4-11(8-13)17(23)21-14-7-6-12-10-19-18(24)15(12)9-14/h3-9H,2,10H2,1H3,(H,19,24)(H,20,22)(H,21,23). The zero-order chi connectivity index (χ0) is 17.1. The normalized spacial score (nSPS) is 12.3. The predicted molar refractivity (Wildman–Crippen MR) is 90.9 cm³/mol. The molecular weight excluding hydrogens is 306 g/mol. The molecule has 0 unspecified atom stereocenters. The van der Waals surface area contributed by atoms with Crippen LogP contribution in [0.4, 0.5) is 11.4 Å².